The van der Waals surface area contributed by atoms with Gasteiger partial charge in [-0.05, 0) is 43.2 Å². The van der Waals surface area contributed by atoms with E-state index in [4.69, 9.17) is 8.94 Å². The lowest BCUT2D eigenvalue weighted by atomic mass is 10.1. The van der Waals surface area contributed by atoms with Crippen molar-refractivity contribution in [1.29, 1.82) is 0 Å². The molecule has 1 N–H and O–H groups in total. The van der Waals surface area contributed by atoms with Gasteiger partial charge in [0.25, 0.3) is 10.0 Å². The molecule has 1 aromatic carbocycles. The van der Waals surface area contributed by atoms with E-state index in [0.717, 1.165) is 11.1 Å². The van der Waals surface area contributed by atoms with Crippen LogP contribution < -0.4 is 4.72 Å². The highest BCUT2D eigenvalue weighted by Gasteiger charge is 2.21. The molecule has 0 saturated carbocycles. The van der Waals surface area contributed by atoms with Crippen LogP contribution in [0.1, 0.15) is 11.1 Å². The van der Waals surface area contributed by atoms with Gasteiger partial charge in [0.1, 0.15) is 0 Å². The van der Waals surface area contributed by atoms with E-state index < -0.39 is 10.0 Å². The van der Waals surface area contributed by atoms with Gasteiger partial charge in [-0.15, -0.1) is 0 Å². The minimum Gasteiger partial charge on any atom is -0.439 e. The molecule has 114 valence electrons. The lowest BCUT2D eigenvalue weighted by molar-refractivity contribution is 0.401. The van der Waals surface area contributed by atoms with Crippen molar-refractivity contribution in [2.75, 3.05) is 4.72 Å². The first-order valence-electron chi connectivity index (χ1n) is 6.57. The van der Waals surface area contributed by atoms with Gasteiger partial charge in [0.05, 0.1) is 11.9 Å². The average Bonchev–Trinajstić information content (AvgIpc) is 3.12. The Bertz CT molecular complexity index is 896. The minimum absolute atomic E-state index is 0.181. The third-order valence-electron chi connectivity index (χ3n) is 3.16. The minimum atomic E-state index is -3.80. The normalized spacial score (nSPS) is 11.5. The Labute approximate surface area is 127 Å². The molecule has 0 aliphatic carbocycles. The van der Waals surface area contributed by atoms with Crippen LogP contribution in [0.4, 0.5) is 5.69 Å². The fourth-order valence-corrected chi connectivity index (χ4v) is 3.04. The predicted molar refractivity (Wildman–Crippen MR) is 80.9 cm³/mol. The number of aryl methyl sites for hydroxylation is 2. The Hall–Kier alpha value is -2.54. The Morgan fingerprint density at radius 3 is 2.59 bits per heavy atom. The Morgan fingerprint density at radius 2 is 1.86 bits per heavy atom. The summed E-state index contributed by atoms with van der Waals surface area (Å²) in [6, 6.07) is 10.0. The molecule has 2 heterocycles. The molecule has 0 radical (unpaired) electrons. The third-order valence-corrected chi connectivity index (χ3v) is 4.40. The summed E-state index contributed by atoms with van der Waals surface area (Å²) >= 11 is 0. The highest BCUT2D eigenvalue weighted by Crippen LogP contribution is 2.26. The lowest BCUT2D eigenvalue weighted by Crippen LogP contribution is -2.13. The zero-order valence-electron chi connectivity index (χ0n) is 12.0. The first-order valence-corrected chi connectivity index (χ1v) is 8.05. The number of benzene rings is 1. The summed E-state index contributed by atoms with van der Waals surface area (Å²) < 4.78 is 37.6. The van der Waals surface area contributed by atoms with Gasteiger partial charge >= 0.3 is 0 Å². The number of furan rings is 1. The topological polar surface area (TPSA) is 85.3 Å². The number of hydrogen-bond donors (Lipinski definition) is 1. The van der Waals surface area contributed by atoms with E-state index in [-0.39, 0.29) is 5.09 Å². The molecule has 7 heteroatoms. The largest absolute Gasteiger partial charge is 0.439 e. The van der Waals surface area contributed by atoms with E-state index in [9.17, 15) is 8.42 Å². The molecule has 0 fully saturated rings. The van der Waals surface area contributed by atoms with Crippen LogP contribution in [0.25, 0.3) is 11.5 Å². The molecule has 6 nitrogen and oxygen atoms in total. The number of hydrogen-bond acceptors (Lipinski definition) is 5. The zero-order valence-corrected chi connectivity index (χ0v) is 12.8. The summed E-state index contributed by atoms with van der Waals surface area (Å²) in [5.41, 5.74) is 2.32. The van der Waals surface area contributed by atoms with E-state index in [0.29, 0.717) is 17.2 Å². The predicted octanol–water partition coefficient (Wildman–Crippen LogP) is 3.35. The number of anilines is 1. The second-order valence-corrected chi connectivity index (χ2v) is 6.53. The van der Waals surface area contributed by atoms with Crippen LogP contribution in [0.5, 0.6) is 0 Å². The van der Waals surface area contributed by atoms with Gasteiger partial charge in [-0.25, -0.2) is 0 Å². The van der Waals surface area contributed by atoms with Gasteiger partial charge in [-0.3, -0.25) is 4.72 Å². The number of nitrogens with zero attached hydrogens (tertiary/aromatic N) is 1. The highest BCUT2D eigenvalue weighted by molar-refractivity contribution is 7.92. The van der Waals surface area contributed by atoms with E-state index in [2.05, 4.69) is 9.88 Å². The van der Waals surface area contributed by atoms with Crippen molar-refractivity contribution >= 4 is 15.7 Å². The summed E-state index contributed by atoms with van der Waals surface area (Å²) in [5.74, 6) is 0.673. The van der Waals surface area contributed by atoms with Gasteiger partial charge in [-0.1, -0.05) is 17.3 Å². The van der Waals surface area contributed by atoms with Crippen molar-refractivity contribution in [1.82, 2.24) is 5.16 Å². The molecular formula is C15H14N2O4S. The van der Waals surface area contributed by atoms with Gasteiger partial charge in [0.2, 0.25) is 10.9 Å². The molecule has 0 aliphatic heterocycles. The molecule has 0 unspecified atom stereocenters. The van der Waals surface area contributed by atoms with Crippen LogP contribution in [0, 0.1) is 13.8 Å². The molecule has 0 aliphatic rings. The van der Waals surface area contributed by atoms with Crippen molar-refractivity contribution in [3.63, 3.8) is 0 Å². The standard InChI is InChI=1S/C15H14N2O4S/c1-10-3-4-11(2)12(9-10)17-22(18,19)15-6-5-13(20-15)14-7-8-16-21-14/h3-9,17H,1-2H3. The highest BCUT2D eigenvalue weighted by atomic mass is 32.2. The van der Waals surface area contributed by atoms with Crippen LogP contribution >= 0.6 is 0 Å². The van der Waals surface area contributed by atoms with Crippen LogP contribution in [0.2, 0.25) is 0 Å². The third kappa shape index (κ3) is 2.75. The van der Waals surface area contributed by atoms with E-state index in [1.165, 1.54) is 18.3 Å². The maximum absolute atomic E-state index is 12.4. The maximum atomic E-state index is 12.4. The second kappa shape index (κ2) is 5.34. The van der Waals surface area contributed by atoms with Gasteiger partial charge in [0.15, 0.2) is 5.76 Å². The summed E-state index contributed by atoms with van der Waals surface area (Å²) in [4.78, 5) is 0. The van der Waals surface area contributed by atoms with Gasteiger partial charge in [0, 0.05) is 6.07 Å². The summed E-state index contributed by atoms with van der Waals surface area (Å²) in [7, 11) is -3.80. The second-order valence-electron chi connectivity index (χ2n) is 4.92. The van der Waals surface area contributed by atoms with Crippen molar-refractivity contribution < 1.29 is 17.4 Å². The Morgan fingerprint density at radius 1 is 1.05 bits per heavy atom. The fraction of sp³-hybridized carbons (Fsp3) is 0.133. The van der Waals surface area contributed by atoms with Crippen molar-refractivity contribution in [3.8, 4) is 11.5 Å². The van der Waals surface area contributed by atoms with Crippen molar-refractivity contribution in [3.05, 3.63) is 53.7 Å². The van der Waals surface area contributed by atoms with Crippen LogP contribution in [0.3, 0.4) is 0 Å². The summed E-state index contributed by atoms with van der Waals surface area (Å²) in [6.07, 6.45) is 1.46. The smallest absolute Gasteiger partial charge is 0.295 e. The summed E-state index contributed by atoms with van der Waals surface area (Å²) in [6.45, 7) is 3.73. The Balaban J connectivity index is 1.92. The molecule has 0 spiro atoms. The number of nitrogens with one attached hydrogen (secondary N) is 1. The first kappa shape index (κ1) is 14.4. The quantitative estimate of drug-likeness (QED) is 0.797. The van der Waals surface area contributed by atoms with Gasteiger partial charge in [-0.2, -0.15) is 8.42 Å². The molecular weight excluding hydrogens is 304 g/mol. The van der Waals surface area contributed by atoms with Gasteiger partial charge < -0.3 is 8.94 Å². The van der Waals surface area contributed by atoms with Crippen LogP contribution in [-0.4, -0.2) is 13.6 Å². The zero-order chi connectivity index (χ0) is 15.7. The van der Waals surface area contributed by atoms with E-state index >= 15 is 0 Å². The molecule has 0 bridgehead atoms. The number of sulfonamides is 1. The van der Waals surface area contributed by atoms with E-state index in [1.54, 1.807) is 12.1 Å². The molecule has 3 aromatic rings. The van der Waals surface area contributed by atoms with Crippen molar-refractivity contribution in [2.24, 2.45) is 0 Å². The molecule has 2 aromatic heterocycles. The monoisotopic (exact) mass is 318 g/mol. The SMILES string of the molecule is Cc1ccc(C)c(NS(=O)(=O)c2ccc(-c3ccno3)o2)c1. The maximum Gasteiger partial charge on any atom is 0.295 e. The fourth-order valence-electron chi connectivity index (χ4n) is 1.98. The van der Waals surface area contributed by atoms with Crippen LogP contribution in [0.15, 0.2) is 56.6 Å². The number of aromatic nitrogens is 1. The van der Waals surface area contributed by atoms with Crippen LogP contribution in [-0.2, 0) is 10.0 Å². The molecule has 0 saturated heterocycles. The molecule has 22 heavy (non-hydrogen) atoms. The average molecular weight is 318 g/mol. The molecule has 0 atom stereocenters. The molecule has 0 amide bonds. The Kier molecular flexibility index (Phi) is 3.50. The number of rotatable bonds is 4. The van der Waals surface area contributed by atoms with Crippen molar-refractivity contribution in [2.45, 2.75) is 18.9 Å². The lowest BCUT2D eigenvalue weighted by Gasteiger charge is -2.09. The molecule has 3 rings (SSSR count). The van der Waals surface area contributed by atoms with E-state index in [1.807, 2.05) is 26.0 Å². The first-order chi connectivity index (χ1) is 10.5. The summed E-state index contributed by atoms with van der Waals surface area (Å²) in [5, 5.41) is 3.38.